The predicted octanol–water partition coefficient (Wildman–Crippen LogP) is 3.89. The van der Waals surface area contributed by atoms with E-state index in [1.54, 1.807) is 6.07 Å². The van der Waals surface area contributed by atoms with Crippen molar-refractivity contribution in [3.05, 3.63) is 16.1 Å². The Morgan fingerprint density at radius 1 is 1.19 bits per heavy atom. The summed E-state index contributed by atoms with van der Waals surface area (Å²) in [5.41, 5.74) is 0. The Morgan fingerprint density at radius 3 is 2.25 bits per heavy atom. The third kappa shape index (κ3) is 3.72. The summed E-state index contributed by atoms with van der Waals surface area (Å²) in [6.07, 6.45) is 0. The van der Waals surface area contributed by atoms with Crippen molar-refractivity contribution in [1.29, 1.82) is 0 Å². The fourth-order valence-corrected chi connectivity index (χ4v) is 1.67. The van der Waals surface area contributed by atoms with E-state index >= 15 is 0 Å². The third-order valence-corrected chi connectivity index (χ3v) is 2.53. The molecule has 0 saturated carbocycles. The molecule has 1 aromatic heterocycles. The molecule has 3 nitrogen and oxygen atoms in total. The monoisotopic (exact) mass is 261 g/mol. The van der Waals surface area contributed by atoms with Gasteiger partial charge in [0.1, 0.15) is 11.6 Å². The Balaban J connectivity index is 2.86. The number of nitrogens with zero attached hydrogens (tertiary/aromatic N) is 1. The molecule has 1 heterocycles. The Bertz CT molecular complexity index is 353. The number of hydrogen-bond donors (Lipinski definition) is 2. The van der Waals surface area contributed by atoms with Crippen LogP contribution < -0.4 is 10.6 Å². The van der Waals surface area contributed by atoms with Crippen molar-refractivity contribution in [3.8, 4) is 0 Å². The summed E-state index contributed by atoms with van der Waals surface area (Å²) in [6, 6.07) is 1.71. The van der Waals surface area contributed by atoms with Crippen molar-refractivity contribution in [2.24, 2.45) is 5.92 Å². The van der Waals surface area contributed by atoms with Gasteiger partial charge in [-0.05, 0) is 18.9 Å². The summed E-state index contributed by atoms with van der Waals surface area (Å²) < 4.78 is 0. The van der Waals surface area contributed by atoms with E-state index in [9.17, 15) is 0 Å². The van der Waals surface area contributed by atoms with E-state index < -0.39 is 0 Å². The van der Waals surface area contributed by atoms with E-state index in [1.165, 1.54) is 0 Å². The van der Waals surface area contributed by atoms with Crippen LogP contribution in [0, 0.1) is 5.92 Å². The van der Waals surface area contributed by atoms with Gasteiger partial charge in [0.15, 0.2) is 0 Å². The van der Waals surface area contributed by atoms with Crippen LogP contribution in [0.2, 0.25) is 10.0 Å². The zero-order valence-corrected chi connectivity index (χ0v) is 11.3. The van der Waals surface area contributed by atoms with E-state index in [-0.39, 0.29) is 0 Å². The maximum absolute atomic E-state index is 6.05. The van der Waals surface area contributed by atoms with Gasteiger partial charge < -0.3 is 10.6 Å². The van der Waals surface area contributed by atoms with Crippen LogP contribution in [0.4, 0.5) is 11.6 Å². The summed E-state index contributed by atoms with van der Waals surface area (Å²) >= 11 is 12.1. The first-order valence-electron chi connectivity index (χ1n) is 5.38. The standard InChI is InChI=1S/C11H17Cl2N3/c1-4-14-10-8(12)5-9(13)11(16-10)15-6-7(2)3/h5,7H,4,6H2,1-3H3,(H2,14,15,16). The van der Waals surface area contributed by atoms with E-state index in [0.29, 0.717) is 27.6 Å². The van der Waals surface area contributed by atoms with E-state index in [1.807, 2.05) is 6.92 Å². The maximum atomic E-state index is 6.05. The smallest absolute Gasteiger partial charge is 0.147 e. The lowest BCUT2D eigenvalue weighted by atomic mass is 10.2. The quantitative estimate of drug-likeness (QED) is 0.845. The van der Waals surface area contributed by atoms with Gasteiger partial charge in [-0.3, -0.25) is 0 Å². The first-order chi connectivity index (χ1) is 7.54. The lowest BCUT2D eigenvalue weighted by Gasteiger charge is -2.12. The average molecular weight is 262 g/mol. The number of nitrogens with one attached hydrogen (secondary N) is 2. The molecule has 1 aromatic rings. The third-order valence-electron chi connectivity index (χ3n) is 1.95. The molecular weight excluding hydrogens is 245 g/mol. The van der Waals surface area contributed by atoms with Gasteiger partial charge in [0, 0.05) is 13.1 Å². The number of anilines is 2. The lowest BCUT2D eigenvalue weighted by Crippen LogP contribution is -2.11. The molecule has 0 aliphatic carbocycles. The van der Waals surface area contributed by atoms with Crippen LogP contribution in [0.5, 0.6) is 0 Å². The highest BCUT2D eigenvalue weighted by molar-refractivity contribution is 6.37. The summed E-state index contributed by atoms with van der Waals surface area (Å²) in [5, 5.41) is 7.38. The van der Waals surface area contributed by atoms with Crippen molar-refractivity contribution < 1.29 is 0 Å². The summed E-state index contributed by atoms with van der Waals surface area (Å²) in [7, 11) is 0. The molecule has 1 rings (SSSR count). The van der Waals surface area contributed by atoms with Crippen LogP contribution in [-0.4, -0.2) is 18.1 Å². The van der Waals surface area contributed by atoms with Crippen LogP contribution in [0.25, 0.3) is 0 Å². The van der Waals surface area contributed by atoms with Crippen molar-refractivity contribution in [2.45, 2.75) is 20.8 Å². The van der Waals surface area contributed by atoms with Gasteiger partial charge in [-0.1, -0.05) is 37.0 Å². The van der Waals surface area contributed by atoms with Gasteiger partial charge >= 0.3 is 0 Å². The zero-order valence-electron chi connectivity index (χ0n) is 9.77. The van der Waals surface area contributed by atoms with Gasteiger partial charge in [-0.25, -0.2) is 4.98 Å². The Labute approximate surface area is 107 Å². The summed E-state index contributed by atoms with van der Waals surface area (Å²) in [5.74, 6) is 1.88. The zero-order chi connectivity index (χ0) is 12.1. The summed E-state index contributed by atoms with van der Waals surface area (Å²) in [6.45, 7) is 7.86. The Hall–Kier alpha value is -0.670. The second-order valence-corrected chi connectivity index (χ2v) is 4.77. The van der Waals surface area contributed by atoms with Crippen molar-refractivity contribution in [3.63, 3.8) is 0 Å². The molecule has 5 heteroatoms. The van der Waals surface area contributed by atoms with Crippen molar-refractivity contribution >= 4 is 34.8 Å². The van der Waals surface area contributed by atoms with Crippen molar-refractivity contribution in [1.82, 2.24) is 4.98 Å². The molecule has 2 N–H and O–H groups in total. The van der Waals surface area contributed by atoms with Crippen LogP contribution in [0.1, 0.15) is 20.8 Å². The first-order valence-corrected chi connectivity index (χ1v) is 6.14. The minimum atomic E-state index is 0.538. The van der Waals surface area contributed by atoms with Gasteiger partial charge in [0.2, 0.25) is 0 Å². The van der Waals surface area contributed by atoms with Crippen LogP contribution in [0.15, 0.2) is 6.07 Å². The molecule has 0 atom stereocenters. The van der Waals surface area contributed by atoms with Gasteiger partial charge in [0.25, 0.3) is 0 Å². The highest BCUT2D eigenvalue weighted by Crippen LogP contribution is 2.29. The van der Waals surface area contributed by atoms with E-state index in [4.69, 9.17) is 23.2 Å². The molecule has 90 valence electrons. The number of rotatable bonds is 5. The molecule has 0 amide bonds. The van der Waals surface area contributed by atoms with Gasteiger partial charge in [0.05, 0.1) is 10.0 Å². The Kier molecular flexibility index (Phi) is 5.16. The molecular formula is C11H17Cl2N3. The minimum Gasteiger partial charge on any atom is -0.369 e. The average Bonchev–Trinajstić information content (AvgIpc) is 2.20. The van der Waals surface area contributed by atoms with Gasteiger partial charge in [-0.2, -0.15) is 0 Å². The molecule has 16 heavy (non-hydrogen) atoms. The topological polar surface area (TPSA) is 37.0 Å². The largest absolute Gasteiger partial charge is 0.369 e. The molecule has 0 aliphatic heterocycles. The molecule has 0 spiro atoms. The number of pyridine rings is 1. The van der Waals surface area contributed by atoms with E-state index in [2.05, 4.69) is 29.5 Å². The number of halogens is 2. The highest BCUT2D eigenvalue weighted by atomic mass is 35.5. The highest BCUT2D eigenvalue weighted by Gasteiger charge is 2.08. The minimum absolute atomic E-state index is 0.538. The molecule has 0 radical (unpaired) electrons. The molecule has 0 fully saturated rings. The fourth-order valence-electron chi connectivity index (χ4n) is 1.18. The second-order valence-electron chi connectivity index (χ2n) is 3.95. The first kappa shape index (κ1) is 13.4. The summed E-state index contributed by atoms with van der Waals surface area (Å²) in [4.78, 5) is 4.35. The second kappa shape index (κ2) is 6.16. The fraction of sp³-hybridized carbons (Fsp3) is 0.545. The molecule has 0 saturated heterocycles. The van der Waals surface area contributed by atoms with Gasteiger partial charge in [-0.15, -0.1) is 0 Å². The van der Waals surface area contributed by atoms with Crippen LogP contribution >= 0.6 is 23.2 Å². The molecule has 0 aromatic carbocycles. The maximum Gasteiger partial charge on any atom is 0.147 e. The van der Waals surface area contributed by atoms with Crippen LogP contribution in [-0.2, 0) is 0 Å². The predicted molar refractivity (Wildman–Crippen MR) is 71.7 cm³/mol. The Morgan fingerprint density at radius 2 is 1.75 bits per heavy atom. The normalized spacial score (nSPS) is 10.6. The SMILES string of the molecule is CCNc1nc(NCC(C)C)c(Cl)cc1Cl. The van der Waals surface area contributed by atoms with Crippen LogP contribution in [0.3, 0.4) is 0 Å². The lowest BCUT2D eigenvalue weighted by molar-refractivity contribution is 0.687. The van der Waals surface area contributed by atoms with Crippen molar-refractivity contribution in [2.75, 3.05) is 23.7 Å². The molecule has 0 bridgehead atoms. The molecule has 0 aliphatic rings. The number of aromatic nitrogens is 1. The van der Waals surface area contributed by atoms with E-state index in [0.717, 1.165) is 13.1 Å². The number of hydrogen-bond acceptors (Lipinski definition) is 3. The molecule has 0 unspecified atom stereocenters.